The normalized spacial score (nSPS) is 11.3. The molecule has 0 bridgehead atoms. The van der Waals surface area contributed by atoms with E-state index in [0.717, 1.165) is 6.07 Å². The van der Waals surface area contributed by atoms with Gasteiger partial charge in [0.15, 0.2) is 0 Å². The lowest BCUT2D eigenvalue weighted by molar-refractivity contribution is 0.596. The van der Waals surface area contributed by atoms with Gasteiger partial charge in [-0.3, -0.25) is 0 Å². The third-order valence-electron chi connectivity index (χ3n) is 2.62. The van der Waals surface area contributed by atoms with Gasteiger partial charge in [0, 0.05) is 0 Å². The van der Waals surface area contributed by atoms with Crippen LogP contribution in [0.4, 0.5) is 16.0 Å². The Morgan fingerprint density at radius 2 is 1.90 bits per heavy atom. The molecule has 106 valence electrons. The van der Waals surface area contributed by atoms with Gasteiger partial charge in [-0.25, -0.2) is 22.5 Å². The number of aryl methyl sites for hydroxylation is 2. The van der Waals surface area contributed by atoms with Gasteiger partial charge in [0.2, 0.25) is 0 Å². The second-order valence-electron chi connectivity index (χ2n) is 4.06. The molecule has 0 spiro atoms. The molecule has 9 heteroatoms. The number of benzene rings is 1. The molecule has 1 heterocycles. The summed E-state index contributed by atoms with van der Waals surface area (Å²) in [6.07, 6.45) is 0. The smallest absolute Gasteiger partial charge is 0.266 e. The second kappa shape index (κ2) is 5.00. The summed E-state index contributed by atoms with van der Waals surface area (Å²) >= 11 is 0. The summed E-state index contributed by atoms with van der Waals surface area (Å²) in [5.74, 6) is -1.01. The first kappa shape index (κ1) is 14.1. The van der Waals surface area contributed by atoms with Crippen molar-refractivity contribution in [2.75, 3.05) is 10.5 Å². The van der Waals surface area contributed by atoms with Crippen molar-refractivity contribution in [3.63, 3.8) is 0 Å². The molecule has 0 aliphatic carbocycles. The Bertz CT molecular complexity index is 763. The monoisotopic (exact) mass is 297 g/mol. The van der Waals surface area contributed by atoms with Gasteiger partial charge in [0.25, 0.3) is 16.0 Å². The molecule has 7 nitrogen and oxygen atoms in total. The zero-order valence-corrected chi connectivity index (χ0v) is 11.6. The van der Waals surface area contributed by atoms with E-state index < -0.39 is 21.5 Å². The Hall–Kier alpha value is -2.29. The molecule has 0 atom stereocenters. The highest BCUT2D eigenvalue weighted by atomic mass is 32.2. The summed E-state index contributed by atoms with van der Waals surface area (Å²) in [5.41, 5.74) is 6.08. The summed E-state index contributed by atoms with van der Waals surface area (Å²) < 4.78 is 39.6. The molecule has 1 aromatic carbocycles. The maximum absolute atomic E-state index is 13.3. The van der Waals surface area contributed by atoms with Crippen molar-refractivity contribution in [3.8, 4) is 0 Å². The molecular formula is C11H12FN5O2S. The van der Waals surface area contributed by atoms with E-state index in [1.165, 1.54) is 12.1 Å². The fourth-order valence-corrected chi connectivity index (χ4v) is 2.51. The number of hydrogen-bond acceptors (Lipinski definition) is 6. The van der Waals surface area contributed by atoms with Gasteiger partial charge in [-0.2, -0.15) is 5.10 Å². The van der Waals surface area contributed by atoms with Gasteiger partial charge < -0.3 is 5.73 Å². The fourth-order valence-electron chi connectivity index (χ4n) is 1.43. The number of para-hydroxylation sites is 1. The zero-order chi connectivity index (χ0) is 14.9. The number of nitrogens with zero attached hydrogens (tertiary/aromatic N) is 3. The SMILES string of the molecule is Cc1nnc(NS(=O)(=O)c2cccc(F)c2N)nc1C. The van der Waals surface area contributed by atoms with Crippen LogP contribution in [-0.4, -0.2) is 23.6 Å². The number of hydrogen-bond donors (Lipinski definition) is 2. The standard InChI is InChI=1S/C11H12FN5O2S/c1-6-7(2)15-16-11(14-6)17-20(18,19)9-5-3-4-8(12)10(9)13/h3-5H,13H2,1-2H3,(H,14,16,17). The van der Waals surface area contributed by atoms with Crippen LogP contribution in [0.2, 0.25) is 0 Å². The molecule has 0 unspecified atom stereocenters. The highest BCUT2D eigenvalue weighted by molar-refractivity contribution is 7.92. The van der Waals surface area contributed by atoms with E-state index in [2.05, 4.69) is 19.9 Å². The third-order valence-corrected chi connectivity index (χ3v) is 4.01. The Morgan fingerprint density at radius 3 is 2.55 bits per heavy atom. The number of sulfonamides is 1. The molecule has 2 aromatic rings. The van der Waals surface area contributed by atoms with Gasteiger partial charge in [0.1, 0.15) is 10.7 Å². The van der Waals surface area contributed by atoms with Crippen molar-refractivity contribution in [2.24, 2.45) is 0 Å². The van der Waals surface area contributed by atoms with Gasteiger partial charge in [-0.05, 0) is 26.0 Å². The van der Waals surface area contributed by atoms with Crippen LogP contribution in [0.5, 0.6) is 0 Å². The van der Waals surface area contributed by atoms with Crippen molar-refractivity contribution < 1.29 is 12.8 Å². The lowest BCUT2D eigenvalue weighted by Gasteiger charge is -2.09. The predicted molar refractivity (Wildman–Crippen MR) is 70.9 cm³/mol. The molecule has 0 radical (unpaired) electrons. The van der Waals surface area contributed by atoms with E-state index in [0.29, 0.717) is 11.4 Å². The average Bonchev–Trinajstić information content (AvgIpc) is 2.36. The predicted octanol–water partition coefficient (Wildman–Crippen LogP) is 1.01. The molecule has 1 aromatic heterocycles. The molecule has 0 amide bonds. The minimum absolute atomic E-state index is 0.197. The minimum Gasteiger partial charge on any atom is -0.395 e. The zero-order valence-electron chi connectivity index (χ0n) is 10.8. The van der Waals surface area contributed by atoms with E-state index in [1.807, 2.05) is 0 Å². The largest absolute Gasteiger partial charge is 0.395 e. The molecule has 2 rings (SSSR count). The summed E-state index contributed by atoms with van der Waals surface area (Å²) in [6.45, 7) is 3.36. The van der Waals surface area contributed by atoms with Crippen molar-refractivity contribution in [3.05, 3.63) is 35.4 Å². The Morgan fingerprint density at radius 1 is 1.20 bits per heavy atom. The lowest BCUT2D eigenvalue weighted by atomic mass is 10.3. The number of nitrogens with one attached hydrogen (secondary N) is 1. The Kier molecular flexibility index (Phi) is 3.53. The van der Waals surface area contributed by atoms with Crippen LogP contribution < -0.4 is 10.5 Å². The summed E-state index contributed by atoms with van der Waals surface area (Å²) in [5, 5.41) is 7.37. The van der Waals surface area contributed by atoms with E-state index in [-0.39, 0.29) is 10.8 Å². The molecule has 0 saturated heterocycles. The maximum atomic E-state index is 13.3. The molecular weight excluding hydrogens is 285 g/mol. The molecule has 3 N–H and O–H groups in total. The van der Waals surface area contributed by atoms with Crippen molar-refractivity contribution in [2.45, 2.75) is 18.7 Å². The summed E-state index contributed by atoms with van der Waals surface area (Å²) in [6, 6.07) is 3.51. The quantitative estimate of drug-likeness (QED) is 0.818. The number of nitrogen functional groups attached to an aromatic ring is 1. The van der Waals surface area contributed by atoms with Gasteiger partial charge in [-0.1, -0.05) is 6.07 Å². The van der Waals surface area contributed by atoms with Gasteiger partial charge in [-0.15, -0.1) is 5.10 Å². The van der Waals surface area contributed by atoms with E-state index in [1.54, 1.807) is 13.8 Å². The van der Waals surface area contributed by atoms with Crippen molar-refractivity contribution in [1.29, 1.82) is 0 Å². The Balaban J connectivity index is 2.41. The van der Waals surface area contributed by atoms with E-state index in [9.17, 15) is 12.8 Å². The highest BCUT2D eigenvalue weighted by Crippen LogP contribution is 2.22. The van der Waals surface area contributed by atoms with Crippen LogP contribution in [0.25, 0.3) is 0 Å². The average molecular weight is 297 g/mol. The van der Waals surface area contributed by atoms with E-state index in [4.69, 9.17) is 5.73 Å². The van der Waals surface area contributed by atoms with Crippen LogP contribution in [0.15, 0.2) is 23.1 Å². The number of nitrogens with two attached hydrogens (primary N) is 1. The maximum Gasteiger partial charge on any atom is 0.266 e. The van der Waals surface area contributed by atoms with Gasteiger partial charge in [0.05, 0.1) is 17.1 Å². The lowest BCUT2D eigenvalue weighted by Crippen LogP contribution is -2.18. The van der Waals surface area contributed by atoms with Crippen LogP contribution >= 0.6 is 0 Å². The fraction of sp³-hybridized carbons (Fsp3) is 0.182. The number of aromatic nitrogens is 3. The second-order valence-corrected chi connectivity index (χ2v) is 5.71. The molecule has 0 aliphatic heterocycles. The highest BCUT2D eigenvalue weighted by Gasteiger charge is 2.21. The van der Waals surface area contributed by atoms with Gasteiger partial charge >= 0.3 is 0 Å². The first-order valence-corrected chi connectivity index (χ1v) is 7.04. The number of halogens is 1. The minimum atomic E-state index is -4.08. The van der Waals surface area contributed by atoms with Crippen molar-refractivity contribution >= 4 is 21.7 Å². The summed E-state index contributed by atoms with van der Waals surface area (Å²) in [7, 11) is -4.08. The van der Waals surface area contributed by atoms with Crippen LogP contribution in [0, 0.1) is 19.7 Å². The van der Waals surface area contributed by atoms with Crippen LogP contribution in [0.3, 0.4) is 0 Å². The van der Waals surface area contributed by atoms with Crippen LogP contribution in [-0.2, 0) is 10.0 Å². The third kappa shape index (κ3) is 2.67. The molecule has 20 heavy (non-hydrogen) atoms. The summed E-state index contributed by atoms with van der Waals surface area (Å²) in [4.78, 5) is 3.56. The topological polar surface area (TPSA) is 111 Å². The molecule has 0 fully saturated rings. The number of anilines is 2. The van der Waals surface area contributed by atoms with E-state index >= 15 is 0 Å². The number of rotatable bonds is 3. The van der Waals surface area contributed by atoms with Crippen molar-refractivity contribution in [1.82, 2.24) is 15.2 Å². The first-order valence-electron chi connectivity index (χ1n) is 5.56. The molecule has 0 aliphatic rings. The first-order chi connectivity index (χ1) is 9.31. The van der Waals surface area contributed by atoms with Crippen LogP contribution in [0.1, 0.15) is 11.4 Å². The Labute approximate surface area is 115 Å². The molecule has 0 saturated carbocycles.